The Kier molecular flexibility index (Phi) is 6.69. The Bertz CT molecular complexity index is 828. The van der Waals surface area contributed by atoms with Gasteiger partial charge in [0.05, 0.1) is 13.0 Å². The number of nitrogens with one attached hydrogen (secondary N) is 2. The number of ether oxygens (including phenoxy) is 1. The summed E-state index contributed by atoms with van der Waals surface area (Å²) < 4.78 is 5.67. The largest absolute Gasteiger partial charge is 0.492 e. The van der Waals surface area contributed by atoms with Gasteiger partial charge >= 0.3 is 0 Å². The Morgan fingerprint density at radius 2 is 1.96 bits per heavy atom. The van der Waals surface area contributed by atoms with Crippen molar-refractivity contribution < 1.29 is 14.3 Å². The second-order valence-corrected chi connectivity index (χ2v) is 7.49. The highest BCUT2D eigenvalue weighted by atomic mass is 16.5. The van der Waals surface area contributed by atoms with Crippen LogP contribution in [0.15, 0.2) is 42.5 Å². The molecule has 0 fully saturated rings. The molecule has 2 aromatic carbocycles. The summed E-state index contributed by atoms with van der Waals surface area (Å²) in [5.41, 5.74) is 4.40. The van der Waals surface area contributed by atoms with Gasteiger partial charge in [-0.3, -0.25) is 9.59 Å². The highest BCUT2D eigenvalue weighted by Gasteiger charge is 2.17. The van der Waals surface area contributed by atoms with Gasteiger partial charge in [0.25, 0.3) is 0 Å². The Morgan fingerprint density at radius 3 is 2.71 bits per heavy atom. The third kappa shape index (κ3) is 5.59. The quantitative estimate of drug-likeness (QED) is 0.650. The zero-order chi connectivity index (χ0) is 19.9. The third-order valence-corrected chi connectivity index (χ3v) is 4.90. The van der Waals surface area contributed by atoms with Gasteiger partial charge in [-0.25, -0.2) is 0 Å². The summed E-state index contributed by atoms with van der Waals surface area (Å²) in [6.45, 7) is 5.28. The van der Waals surface area contributed by atoms with Gasteiger partial charge in [-0.05, 0) is 53.6 Å². The van der Waals surface area contributed by atoms with Crippen molar-refractivity contribution in [3.8, 4) is 5.75 Å². The van der Waals surface area contributed by atoms with Crippen LogP contribution in [0.2, 0.25) is 0 Å². The molecule has 28 heavy (non-hydrogen) atoms. The summed E-state index contributed by atoms with van der Waals surface area (Å²) in [4.78, 5) is 23.4. The van der Waals surface area contributed by atoms with Crippen molar-refractivity contribution in [2.75, 3.05) is 18.5 Å². The number of hydrogen-bond donors (Lipinski definition) is 2. The van der Waals surface area contributed by atoms with E-state index in [9.17, 15) is 9.59 Å². The molecule has 0 saturated heterocycles. The lowest BCUT2D eigenvalue weighted by atomic mass is 10.0. The van der Waals surface area contributed by atoms with Gasteiger partial charge in [0.2, 0.25) is 11.8 Å². The van der Waals surface area contributed by atoms with E-state index >= 15 is 0 Å². The minimum Gasteiger partial charge on any atom is -0.492 e. The fourth-order valence-electron chi connectivity index (χ4n) is 3.29. The van der Waals surface area contributed by atoms with E-state index in [1.165, 1.54) is 5.56 Å². The summed E-state index contributed by atoms with van der Waals surface area (Å²) in [5.74, 6) is 1.41. The van der Waals surface area contributed by atoms with Gasteiger partial charge in [-0.15, -0.1) is 0 Å². The lowest BCUT2D eigenvalue weighted by Crippen LogP contribution is -2.27. The summed E-state index contributed by atoms with van der Waals surface area (Å²) in [7, 11) is 0. The van der Waals surface area contributed by atoms with Crippen LogP contribution in [0.25, 0.3) is 0 Å². The molecule has 0 aliphatic carbocycles. The van der Waals surface area contributed by atoms with Gasteiger partial charge in [0, 0.05) is 12.1 Å². The molecule has 0 spiro atoms. The van der Waals surface area contributed by atoms with Crippen LogP contribution in [-0.4, -0.2) is 25.0 Å². The number of carbonyl (C=O) groups excluding carboxylic acids is 2. The zero-order valence-electron chi connectivity index (χ0n) is 16.6. The molecule has 1 aliphatic heterocycles. The van der Waals surface area contributed by atoms with Gasteiger partial charge in [-0.1, -0.05) is 38.1 Å². The Morgan fingerprint density at radius 1 is 1.18 bits per heavy atom. The van der Waals surface area contributed by atoms with Gasteiger partial charge in [-0.2, -0.15) is 0 Å². The van der Waals surface area contributed by atoms with Crippen LogP contribution in [0.1, 0.15) is 49.3 Å². The molecule has 1 heterocycles. The molecule has 2 N–H and O–H groups in total. The maximum Gasteiger partial charge on any atom is 0.228 e. The van der Waals surface area contributed by atoms with E-state index in [1.54, 1.807) is 0 Å². The fraction of sp³-hybridized carbons (Fsp3) is 0.391. The summed E-state index contributed by atoms with van der Waals surface area (Å²) in [6, 6.07) is 14.1. The standard InChI is InChI=1S/C23H28N2O3/c1-16(2)18-7-9-20(10-8-18)28-13-12-24-22(26)5-3-4-17-6-11-21-19(14-17)15-23(27)25-21/h6-11,14,16H,3-5,12-13,15H2,1-2H3,(H,24,26)(H,25,27). The molecule has 5 heteroatoms. The first-order valence-electron chi connectivity index (χ1n) is 9.92. The first-order valence-corrected chi connectivity index (χ1v) is 9.92. The van der Waals surface area contributed by atoms with Gasteiger partial charge in [0.1, 0.15) is 12.4 Å². The third-order valence-electron chi connectivity index (χ3n) is 4.90. The molecule has 1 aliphatic rings. The van der Waals surface area contributed by atoms with Crippen molar-refractivity contribution in [3.05, 3.63) is 59.2 Å². The summed E-state index contributed by atoms with van der Waals surface area (Å²) >= 11 is 0. The maximum atomic E-state index is 12.0. The van der Waals surface area contributed by atoms with Crippen molar-refractivity contribution in [1.82, 2.24) is 5.32 Å². The van der Waals surface area contributed by atoms with Crippen molar-refractivity contribution in [2.45, 2.75) is 45.4 Å². The van der Waals surface area contributed by atoms with Crippen molar-refractivity contribution >= 4 is 17.5 Å². The fourth-order valence-corrected chi connectivity index (χ4v) is 3.29. The second kappa shape index (κ2) is 9.40. The first-order chi connectivity index (χ1) is 13.5. The lowest BCUT2D eigenvalue weighted by molar-refractivity contribution is -0.121. The molecule has 148 valence electrons. The molecule has 0 saturated carbocycles. The number of hydrogen-bond acceptors (Lipinski definition) is 3. The Labute approximate surface area is 166 Å². The number of benzene rings is 2. The first kappa shape index (κ1) is 19.9. The Hall–Kier alpha value is -2.82. The topological polar surface area (TPSA) is 67.4 Å². The van der Waals surface area contributed by atoms with E-state index in [0.29, 0.717) is 31.9 Å². The van der Waals surface area contributed by atoms with E-state index in [-0.39, 0.29) is 11.8 Å². The molecule has 2 amide bonds. The molecule has 2 aromatic rings. The van der Waals surface area contributed by atoms with Crippen LogP contribution < -0.4 is 15.4 Å². The number of anilines is 1. The molecular formula is C23H28N2O3. The van der Waals surface area contributed by atoms with Crippen LogP contribution in [0, 0.1) is 0 Å². The second-order valence-electron chi connectivity index (χ2n) is 7.49. The van der Waals surface area contributed by atoms with E-state index in [1.807, 2.05) is 24.3 Å². The van der Waals surface area contributed by atoms with Gasteiger partial charge in [0.15, 0.2) is 0 Å². The van der Waals surface area contributed by atoms with Crippen LogP contribution >= 0.6 is 0 Å². The number of carbonyl (C=O) groups is 2. The van der Waals surface area contributed by atoms with E-state index in [0.717, 1.165) is 35.4 Å². The minimum absolute atomic E-state index is 0.0387. The van der Waals surface area contributed by atoms with Crippen LogP contribution in [-0.2, 0) is 22.4 Å². The maximum absolute atomic E-state index is 12.0. The number of amides is 2. The minimum atomic E-state index is 0.0387. The van der Waals surface area contributed by atoms with E-state index in [4.69, 9.17) is 4.74 Å². The molecular weight excluding hydrogens is 352 g/mol. The molecule has 0 unspecified atom stereocenters. The zero-order valence-corrected chi connectivity index (χ0v) is 16.6. The number of aryl methyl sites for hydroxylation is 1. The molecule has 0 radical (unpaired) electrons. The summed E-state index contributed by atoms with van der Waals surface area (Å²) in [5, 5.41) is 5.73. The molecule has 0 bridgehead atoms. The summed E-state index contributed by atoms with van der Waals surface area (Å²) in [6.07, 6.45) is 2.54. The van der Waals surface area contributed by atoms with E-state index < -0.39 is 0 Å². The van der Waals surface area contributed by atoms with Crippen molar-refractivity contribution in [2.24, 2.45) is 0 Å². The average Bonchev–Trinajstić information content (AvgIpc) is 3.05. The normalized spacial score (nSPS) is 12.6. The van der Waals surface area contributed by atoms with Crippen LogP contribution in [0.5, 0.6) is 5.75 Å². The van der Waals surface area contributed by atoms with Crippen molar-refractivity contribution in [1.29, 1.82) is 0 Å². The molecule has 0 atom stereocenters. The van der Waals surface area contributed by atoms with Crippen molar-refractivity contribution in [3.63, 3.8) is 0 Å². The lowest BCUT2D eigenvalue weighted by Gasteiger charge is -2.10. The monoisotopic (exact) mass is 380 g/mol. The molecule has 5 nitrogen and oxygen atoms in total. The average molecular weight is 380 g/mol. The number of rotatable bonds is 9. The van der Waals surface area contributed by atoms with E-state index in [2.05, 4.69) is 42.7 Å². The van der Waals surface area contributed by atoms with Crippen LogP contribution in [0.4, 0.5) is 5.69 Å². The SMILES string of the molecule is CC(C)c1ccc(OCCNC(=O)CCCc2ccc3c(c2)CC(=O)N3)cc1. The number of fused-ring (bicyclic) bond motifs is 1. The van der Waals surface area contributed by atoms with Gasteiger partial charge < -0.3 is 15.4 Å². The molecule has 3 rings (SSSR count). The van der Waals surface area contributed by atoms with Crippen LogP contribution in [0.3, 0.4) is 0 Å². The smallest absolute Gasteiger partial charge is 0.228 e. The highest BCUT2D eigenvalue weighted by Crippen LogP contribution is 2.24. The highest BCUT2D eigenvalue weighted by molar-refractivity contribution is 5.99. The predicted octanol–water partition coefficient (Wildman–Crippen LogP) is 3.82. The predicted molar refractivity (Wildman–Crippen MR) is 111 cm³/mol. The Balaban J connectivity index is 1.31. The molecule has 0 aromatic heterocycles.